The summed E-state index contributed by atoms with van der Waals surface area (Å²) in [4.78, 5) is 5.04. The van der Waals surface area contributed by atoms with E-state index in [0.717, 1.165) is 19.3 Å². The molecule has 0 aliphatic heterocycles. The van der Waals surface area contributed by atoms with E-state index in [9.17, 15) is 0 Å². The van der Waals surface area contributed by atoms with Crippen molar-refractivity contribution >= 4 is 100 Å². The van der Waals surface area contributed by atoms with Crippen LogP contribution in [-0.4, -0.2) is 41.4 Å². The highest BCUT2D eigenvalue weighted by atomic mass is 80.0. The molecule has 0 saturated carbocycles. The van der Waals surface area contributed by atoms with Gasteiger partial charge in [0.1, 0.15) is 16.8 Å². The SMILES string of the molecule is ClC(Cl)=CCOc1cc(Cl)c(OCCCCCOC/C=N/OCC(Br)(Br)Br)c(Cl)c1. The molecule has 0 aliphatic rings. The highest BCUT2D eigenvalue weighted by molar-refractivity contribution is 9.39. The average molecular weight is 696 g/mol. The molecule has 0 radical (unpaired) electrons. The number of halogens is 7. The third-order valence-electron chi connectivity index (χ3n) is 3.21. The van der Waals surface area contributed by atoms with Crippen LogP contribution in [0.15, 0.2) is 27.9 Å². The van der Waals surface area contributed by atoms with Gasteiger partial charge in [0.2, 0.25) is 0 Å². The van der Waals surface area contributed by atoms with Crippen molar-refractivity contribution in [2.24, 2.45) is 5.16 Å². The standard InChI is InChI=1S/C18H20Br3Cl4NO4/c19-18(20,21)12-30-26-5-9-27-6-2-1-3-7-29-17-14(22)10-13(11-15(17)23)28-8-4-16(24)25/h4-5,10-11H,1-3,6-9,12H2/b26-5+. The molecule has 0 aliphatic carbocycles. The largest absolute Gasteiger partial charge is 0.490 e. The molecule has 170 valence electrons. The normalized spacial score (nSPS) is 11.6. The van der Waals surface area contributed by atoms with Gasteiger partial charge in [-0.3, -0.25) is 0 Å². The van der Waals surface area contributed by atoms with E-state index in [1.165, 1.54) is 6.08 Å². The maximum atomic E-state index is 6.23. The Morgan fingerprint density at radius 3 is 2.27 bits per heavy atom. The minimum Gasteiger partial charge on any atom is -0.490 e. The maximum Gasteiger partial charge on any atom is 0.171 e. The van der Waals surface area contributed by atoms with Crippen molar-refractivity contribution in [3.63, 3.8) is 0 Å². The molecule has 1 rings (SSSR count). The molecule has 0 N–H and O–H groups in total. The second-order valence-electron chi connectivity index (χ2n) is 5.68. The predicted molar refractivity (Wildman–Crippen MR) is 136 cm³/mol. The zero-order valence-electron chi connectivity index (χ0n) is 15.7. The van der Waals surface area contributed by atoms with Crippen molar-refractivity contribution in [2.75, 3.05) is 33.0 Å². The molecule has 1 aromatic carbocycles. The first-order chi connectivity index (χ1) is 14.2. The number of ether oxygens (including phenoxy) is 3. The van der Waals surface area contributed by atoms with Crippen molar-refractivity contribution in [1.82, 2.24) is 0 Å². The summed E-state index contributed by atoms with van der Waals surface area (Å²) in [7, 11) is 0. The van der Waals surface area contributed by atoms with Crippen LogP contribution in [0.5, 0.6) is 11.5 Å². The van der Waals surface area contributed by atoms with Crippen LogP contribution in [0.2, 0.25) is 10.0 Å². The molecule has 0 saturated heterocycles. The van der Waals surface area contributed by atoms with Crippen LogP contribution in [0.1, 0.15) is 19.3 Å². The van der Waals surface area contributed by atoms with Gasteiger partial charge in [-0.2, -0.15) is 0 Å². The lowest BCUT2D eigenvalue weighted by molar-refractivity contribution is 0.143. The summed E-state index contributed by atoms with van der Waals surface area (Å²) >= 11 is 33.4. The van der Waals surface area contributed by atoms with Gasteiger partial charge >= 0.3 is 0 Å². The van der Waals surface area contributed by atoms with Crippen LogP contribution in [0.3, 0.4) is 0 Å². The van der Waals surface area contributed by atoms with E-state index in [0.29, 0.717) is 48.0 Å². The Morgan fingerprint density at radius 1 is 0.967 bits per heavy atom. The Balaban J connectivity index is 2.16. The van der Waals surface area contributed by atoms with Crippen LogP contribution in [0.25, 0.3) is 0 Å². The second kappa shape index (κ2) is 16.2. The van der Waals surface area contributed by atoms with E-state index in [4.69, 9.17) is 65.5 Å². The molecule has 0 fully saturated rings. The lowest BCUT2D eigenvalue weighted by Crippen LogP contribution is -2.08. The van der Waals surface area contributed by atoms with Crippen molar-refractivity contribution in [1.29, 1.82) is 0 Å². The van der Waals surface area contributed by atoms with Gasteiger partial charge in [-0.1, -0.05) is 99.3 Å². The quantitative estimate of drug-likeness (QED) is 0.0855. The van der Waals surface area contributed by atoms with E-state index in [-0.39, 0.29) is 11.1 Å². The molecule has 30 heavy (non-hydrogen) atoms. The number of alkyl halides is 3. The monoisotopic (exact) mass is 691 g/mol. The zero-order chi connectivity index (χ0) is 22.4. The van der Waals surface area contributed by atoms with E-state index in [1.54, 1.807) is 18.3 Å². The Bertz CT molecular complexity index is 675. The minimum atomic E-state index is -0.464. The molecular weight excluding hydrogens is 676 g/mol. The number of rotatable bonds is 14. The van der Waals surface area contributed by atoms with E-state index >= 15 is 0 Å². The van der Waals surface area contributed by atoms with Gasteiger partial charge < -0.3 is 19.0 Å². The maximum absolute atomic E-state index is 6.23. The summed E-state index contributed by atoms with van der Waals surface area (Å²) < 4.78 is 16.3. The highest BCUT2D eigenvalue weighted by Crippen LogP contribution is 2.37. The first-order valence-corrected chi connectivity index (χ1v) is 12.6. The fraction of sp³-hybridized carbons (Fsp3) is 0.500. The summed E-state index contributed by atoms with van der Waals surface area (Å²) in [6, 6.07) is 3.26. The predicted octanol–water partition coefficient (Wildman–Crippen LogP) is 8.10. The van der Waals surface area contributed by atoms with Crippen molar-refractivity contribution in [2.45, 2.75) is 21.4 Å². The third kappa shape index (κ3) is 14.6. The van der Waals surface area contributed by atoms with Gasteiger partial charge in [-0.05, 0) is 25.3 Å². The van der Waals surface area contributed by atoms with Crippen LogP contribution in [0, 0.1) is 0 Å². The fourth-order valence-electron chi connectivity index (χ4n) is 1.95. The summed E-state index contributed by atoms with van der Waals surface area (Å²) in [6.07, 6.45) is 5.76. The molecule has 0 bridgehead atoms. The van der Waals surface area contributed by atoms with Crippen molar-refractivity contribution in [3.05, 3.63) is 32.7 Å². The molecule has 12 heteroatoms. The number of benzene rings is 1. The Kier molecular flexibility index (Phi) is 15.5. The van der Waals surface area contributed by atoms with Gasteiger partial charge in [-0.15, -0.1) is 0 Å². The van der Waals surface area contributed by atoms with Crippen LogP contribution in [0.4, 0.5) is 0 Å². The molecule has 0 spiro atoms. The lowest BCUT2D eigenvalue weighted by Gasteiger charge is -2.12. The first-order valence-electron chi connectivity index (χ1n) is 8.73. The minimum absolute atomic E-state index is 0.130. The van der Waals surface area contributed by atoms with Gasteiger partial charge in [-0.25, -0.2) is 0 Å². The van der Waals surface area contributed by atoms with Crippen LogP contribution < -0.4 is 9.47 Å². The van der Waals surface area contributed by atoms with Crippen molar-refractivity contribution in [3.8, 4) is 11.5 Å². The van der Waals surface area contributed by atoms with Gasteiger partial charge in [0.15, 0.2) is 14.5 Å². The summed E-state index contributed by atoms with van der Waals surface area (Å²) in [6.45, 7) is 2.05. The van der Waals surface area contributed by atoms with Gasteiger partial charge in [0.05, 0.1) is 29.5 Å². The number of hydrogen-bond donors (Lipinski definition) is 0. The smallest absolute Gasteiger partial charge is 0.171 e. The lowest BCUT2D eigenvalue weighted by atomic mass is 10.2. The summed E-state index contributed by atoms with van der Waals surface area (Å²) in [5.74, 6) is 0.934. The van der Waals surface area contributed by atoms with Crippen molar-refractivity contribution < 1.29 is 19.0 Å². The molecule has 0 heterocycles. The van der Waals surface area contributed by atoms with Gasteiger partial charge in [0, 0.05) is 18.7 Å². The first kappa shape index (κ1) is 28.6. The third-order valence-corrected chi connectivity index (χ3v) is 4.77. The number of oxime groups is 1. The fourth-order valence-corrected chi connectivity index (χ4v) is 2.95. The Morgan fingerprint density at radius 2 is 1.63 bits per heavy atom. The molecule has 0 unspecified atom stereocenters. The number of hydrogen-bond acceptors (Lipinski definition) is 5. The van der Waals surface area contributed by atoms with Gasteiger partial charge in [0.25, 0.3) is 0 Å². The Hall–Kier alpha value is 0.590. The molecule has 5 nitrogen and oxygen atoms in total. The number of nitrogens with zero attached hydrogens (tertiary/aromatic N) is 1. The van der Waals surface area contributed by atoms with E-state index in [2.05, 4.69) is 52.9 Å². The van der Waals surface area contributed by atoms with E-state index < -0.39 is 2.14 Å². The number of unbranched alkanes of at least 4 members (excludes halogenated alkanes) is 2. The summed E-state index contributed by atoms with van der Waals surface area (Å²) in [5.41, 5.74) is 0. The highest BCUT2D eigenvalue weighted by Gasteiger charge is 2.18. The zero-order valence-corrected chi connectivity index (χ0v) is 23.5. The van der Waals surface area contributed by atoms with Crippen LogP contribution in [-0.2, 0) is 9.57 Å². The molecule has 1 aromatic rings. The topological polar surface area (TPSA) is 49.3 Å². The Labute approximate surface area is 221 Å². The molecule has 0 aromatic heterocycles. The molecule has 0 atom stereocenters. The van der Waals surface area contributed by atoms with Crippen LogP contribution >= 0.6 is 94.2 Å². The second-order valence-corrected chi connectivity index (χ2v) is 14.8. The summed E-state index contributed by atoms with van der Waals surface area (Å²) in [5, 5.41) is 4.53. The molecule has 0 amide bonds. The van der Waals surface area contributed by atoms with E-state index in [1.807, 2.05) is 0 Å². The molecular formula is C18H20Br3Cl4NO4. The average Bonchev–Trinajstić information content (AvgIpc) is 2.63.